The minimum Gasteiger partial charge on any atom is -0.378 e. The van der Waals surface area contributed by atoms with Gasteiger partial charge in [-0.3, -0.25) is 4.79 Å². The van der Waals surface area contributed by atoms with Gasteiger partial charge in [-0.2, -0.15) is 0 Å². The lowest BCUT2D eigenvalue weighted by molar-refractivity contribution is -0.135. The third kappa shape index (κ3) is 3.43. The van der Waals surface area contributed by atoms with Crippen LogP contribution in [0.3, 0.4) is 0 Å². The summed E-state index contributed by atoms with van der Waals surface area (Å²) in [6.07, 6.45) is 0.653. The lowest BCUT2D eigenvalue weighted by atomic mass is 10.3. The smallest absolute Gasteiger partial charge is 0.224 e. The first-order valence-electron chi connectivity index (χ1n) is 6.15. The van der Waals surface area contributed by atoms with Gasteiger partial charge in [-0.05, 0) is 0 Å². The summed E-state index contributed by atoms with van der Waals surface area (Å²) in [5.41, 5.74) is 0. The second-order valence-corrected chi connectivity index (χ2v) is 4.33. The van der Waals surface area contributed by atoms with Gasteiger partial charge in [0.25, 0.3) is 0 Å². The molecule has 0 aliphatic carbocycles. The number of ether oxygens (including phenoxy) is 1. The van der Waals surface area contributed by atoms with Crippen molar-refractivity contribution in [2.24, 2.45) is 0 Å². The van der Waals surface area contributed by atoms with Crippen molar-refractivity contribution in [2.75, 3.05) is 59.0 Å². The zero-order valence-corrected chi connectivity index (χ0v) is 9.78. The van der Waals surface area contributed by atoms with Gasteiger partial charge < -0.3 is 19.9 Å². The normalized spacial score (nSPS) is 23.4. The van der Waals surface area contributed by atoms with E-state index < -0.39 is 0 Å². The summed E-state index contributed by atoms with van der Waals surface area (Å²) >= 11 is 0. The Labute approximate surface area is 96.7 Å². The summed E-state index contributed by atoms with van der Waals surface area (Å²) in [6, 6.07) is 0. The number of piperazine rings is 1. The van der Waals surface area contributed by atoms with Crippen LogP contribution in [0.4, 0.5) is 0 Å². The van der Waals surface area contributed by atoms with Crippen LogP contribution in [0.5, 0.6) is 0 Å². The molecule has 2 saturated heterocycles. The van der Waals surface area contributed by atoms with Crippen molar-refractivity contribution in [1.82, 2.24) is 15.1 Å². The molecule has 2 rings (SSSR count). The van der Waals surface area contributed by atoms with Gasteiger partial charge >= 0.3 is 0 Å². The van der Waals surface area contributed by atoms with Crippen LogP contribution in [0.15, 0.2) is 0 Å². The first kappa shape index (κ1) is 11.8. The summed E-state index contributed by atoms with van der Waals surface area (Å²) in [5.74, 6) is 0.279. The van der Waals surface area contributed by atoms with Gasteiger partial charge in [-0.25, -0.2) is 0 Å². The fourth-order valence-corrected chi connectivity index (χ4v) is 2.16. The number of rotatable bonds is 3. The van der Waals surface area contributed by atoms with Crippen LogP contribution in [0.1, 0.15) is 6.42 Å². The molecular formula is C11H21N3O2. The Morgan fingerprint density at radius 2 is 1.81 bits per heavy atom. The molecule has 2 aliphatic heterocycles. The molecule has 0 radical (unpaired) electrons. The SMILES string of the molecule is O=C(CCN1CCNCC1)N1CCOCC1. The van der Waals surface area contributed by atoms with Crippen molar-refractivity contribution >= 4 is 5.91 Å². The van der Waals surface area contributed by atoms with Gasteiger partial charge in [0.15, 0.2) is 0 Å². The van der Waals surface area contributed by atoms with Gasteiger partial charge in [-0.1, -0.05) is 0 Å². The predicted molar refractivity (Wildman–Crippen MR) is 61.3 cm³/mol. The maximum Gasteiger partial charge on any atom is 0.224 e. The summed E-state index contributed by atoms with van der Waals surface area (Å²) in [5, 5.41) is 3.31. The Balaban J connectivity index is 1.65. The minimum absolute atomic E-state index is 0.279. The molecule has 2 heterocycles. The average molecular weight is 227 g/mol. The van der Waals surface area contributed by atoms with Crippen molar-refractivity contribution in [3.8, 4) is 0 Å². The molecule has 0 spiro atoms. The summed E-state index contributed by atoms with van der Waals surface area (Å²) in [4.78, 5) is 16.1. The number of hydrogen-bond acceptors (Lipinski definition) is 4. The molecular weight excluding hydrogens is 206 g/mol. The van der Waals surface area contributed by atoms with E-state index in [0.29, 0.717) is 19.6 Å². The highest BCUT2D eigenvalue weighted by Gasteiger charge is 2.18. The van der Waals surface area contributed by atoms with E-state index >= 15 is 0 Å². The van der Waals surface area contributed by atoms with E-state index in [9.17, 15) is 4.79 Å². The highest BCUT2D eigenvalue weighted by atomic mass is 16.5. The average Bonchev–Trinajstić information content (AvgIpc) is 2.38. The molecule has 0 aromatic rings. The van der Waals surface area contributed by atoms with Crippen LogP contribution in [0, 0.1) is 0 Å². The van der Waals surface area contributed by atoms with Crippen molar-refractivity contribution < 1.29 is 9.53 Å². The zero-order chi connectivity index (χ0) is 11.2. The number of nitrogens with zero attached hydrogens (tertiary/aromatic N) is 2. The lowest BCUT2D eigenvalue weighted by Gasteiger charge is -2.30. The van der Waals surface area contributed by atoms with E-state index in [1.54, 1.807) is 0 Å². The number of nitrogens with one attached hydrogen (secondary N) is 1. The fraction of sp³-hybridized carbons (Fsp3) is 0.909. The van der Waals surface area contributed by atoms with Crippen LogP contribution in [0.25, 0.3) is 0 Å². The molecule has 0 unspecified atom stereocenters. The van der Waals surface area contributed by atoms with E-state index in [0.717, 1.165) is 45.8 Å². The molecule has 2 aliphatic rings. The molecule has 0 atom stereocenters. The van der Waals surface area contributed by atoms with Gasteiger partial charge in [0.1, 0.15) is 0 Å². The second kappa shape index (κ2) is 6.18. The van der Waals surface area contributed by atoms with Crippen LogP contribution in [0.2, 0.25) is 0 Å². The van der Waals surface area contributed by atoms with E-state index in [4.69, 9.17) is 4.74 Å². The van der Waals surface area contributed by atoms with Gasteiger partial charge in [0.2, 0.25) is 5.91 Å². The van der Waals surface area contributed by atoms with E-state index in [1.165, 1.54) is 0 Å². The number of morpholine rings is 1. The molecule has 92 valence electrons. The summed E-state index contributed by atoms with van der Waals surface area (Å²) < 4.78 is 5.23. The first-order valence-corrected chi connectivity index (χ1v) is 6.15. The summed E-state index contributed by atoms with van der Waals surface area (Å²) in [7, 11) is 0. The van der Waals surface area contributed by atoms with Crippen LogP contribution < -0.4 is 5.32 Å². The van der Waals surface area contributed by atoms with Crippen LogP contribution >= 0.6 is 0 Å². The summed E-state index contributed by atoms with van der Waals surface area (Å²) in [6.45, 7) is 8.04. The molecule has 2 fully saturated rings. The van der Waals surface area contributed by atoms with Crippen LogP contribution in [-0.2, 0) is 9.53 Å². The molecule has 16 heavy (non-hydrogen) atoms. The third-order valence-corrected chi connectivity index (χ3v) is 3.22. The molecule has 0 saturated carbocycles. The van der Waals surface area contributed by atoms with E-state index in [-0.39, 0.29) is 5.91 Å². The van der Waals surface area contributed by atoms with Crippen LogP contribution in [-0.4, -0.2) is 74.7 Å². The maximum absolute atomic E-state index is 11.9. The molecule has 0 aromatic heterocycles. The second-order valence-electron chi connectivity index (χ2n) is 4.33. The lowest BCUT2D eigenvalue weighted by Crippen LogP contribution is -2.46. The van der Waals surface area contributed by atoms with E-state index in [2.05, 4.69) is 10.2 Å². The van der Waals surface area contributed by atoms with Gasteiger partial charge in [0, 0.05) is 52.2 Å². The van der Waals surface area contributed by atoms with E-state index in [1.807, 2.05) is 4.90 Å². The Kier molecular flexibility index (Phi) is 4.56. The minimum atomic E-state index is 0.279. The zero-order valence-electron chi connectivity index (χ0n) is 9.78. The Morgan fingerprint density at radius 3 is 2.50 bits per heavy atom. The Bertz CT molecular complexity index is 223. The molecule has 1 amide bonds. The van der Waals surface area contributed by atoms with Gasteiger partial charge in [-0.15, -0.1) is 0 Å². The highest BCUT2D eigenvalue weighted by Crippen LogP contribution is 2.02. The quantitative estimate of drug-likeness (QED) is 0.681. The predicted octanol–water partition coefficient (Wildman–Crippen LogP) is -0.859. The molecule has 0 bridgehead atoms. The Hall–Kier alpha value is -0.650. The monoisotopic (exact) mass is 227 g/mol. The highest BCUT2D eigenvalue weighted by molar-refractivity contribution is 5.76. The largest absolute Gasteiger partial charge is 0.378 e. The van der Waals surface area contributed by atoms with Crippen molar-refractivity contribution in [3.63, 3.8) is 0 Å². The third-order valence-electron chi connectivity index (χ3n) is 3.22. The van der Waals surface area contributed by atoms with Crippen molar-refractivity contribution in [2.45, 2.75) is 6.42 Å². The number of hydrogen-bond donors (Lipinski definition) is 1. The number of amides is 1. The standard InChI is InChI=1S/C11H21N3O2/c15-11(14-7-9-16-10-8-14)1-4-13-5-2-12-3-6-13/h12H,1-10H2. The molecule has 5 nitrogen and oxygen atoms in total. The first-order chi connectivity index (χ1) is 7.86. The number of carbonyl (C=O) groups excluding carboxylic acids is 1. The molecule has 5 heteroatoms. The topological polar surface area (TPSA) is 44.8 Å². The van der Waals surface area contributed by atoms with Crippen molar-refractivity contribution in [3.05, 3.63) is 0 Å². The molecule has 1 N–H and O–H groups in total. The maximum atomic E-state index is 11.9. The molecule has 0 aromatic carbocycles. The Morgan fingerprint density at radius 1 is 1.12 bits per heavy atom. The van der Waals surface area contributed by atoms with Crippen molar-refractivity contribution in [1.29, 1.82) is 0 Å². The number of carbonyl (C=O) groups is 1. The van der Waals surface area contributed by atoms with Gasteiger partial charge in [0.05, 0.1) is 13.2 Å². The fourth-order valence-electron chi connectivity index (χ4n) is 2.16.